The number of hydrogen-bond donors (Lipinski definition) is 0. The van der Waals surface area contributed by atoms with Crippen LogP contribution >= 0.6 is 11.6 Å². The van der Waals surface area contributed by atoms with Crippen LogP contribution in [0.1, 0.15) is 22.3 Å². The van der Waals surface area contributed by atoms with Crippen LogP contribution in [0.15, 0.2) is 53.5 Å². The zero-order valence-electron chi connectivity index (χ0n) is 11.5. The molecular formula is C18H18ClN. The van der Waals surface area contributed by atoms with Crippen molar-refractivity contribution in [2.45, 2.75) is 19.3 Å². The Morgan fingerprint density at radius 2 is 1.70 bits per heavy atom. The molecular weight excluding hydrogens is 266 g/mol. The van der Waals surface area contributed by atoms with Crippen molar-refractivity contribution in [3.05, 3.63) is 70.8 Å². The Morgan fingerprint density at radius 1 is 0.950 bits per heavy atom. The molecule has 0 radical (unpaired) electrons. The van der Waals surface area contributed by atoms with Crippen LogP contribution < -0.4 is 0 Å². The van der Waals surface area contributed by atoms with Gasteiger partial charge < -0.3 is 0 Å². The largest absolute Gasteiger partial charge is 0.288 e. The maximum absolute atomic E-state index is 5.90. The third-order valence-corrected chi connectivity index (χ3v) is 4.04. The van der Waals surface area contributed by atoms with Gasteiger partial charge in [0, 0.05) is 24.6 Å². The first kappa shape index (κ1) is 13.4. The van der Waals surface area contributed by atoms with Crippen LogP contribution in [-0.4, -0.2) is 18.1 Å². The number of fused-ring (bicyclic) bond motifs is 1. The number of alkyl halides is 1. The van der Waals surface area contributed by atoms with E-state index in [1.807, 2.05) is 0 Å². The van der Waals surface area contributed by atoms with Gasteiger partial charge in [0.1, 0.15) is 0 Å². The Kier molecular flexibility index (Phi) is 4.17. The summed E-state index contributed by atoms with van der Waals surface area (Å²) >= 11 is 5.90. The van der Waals surface area contributed by atoms with Gasteiger partial charge in [0.15, 0.2) is 0 Å². The van der Waals surface area contributed by atoms with Gasteiger partial charge in [0.25, 0.3) is 0 Å². The van der Waals surface area contributed by atoms with Gasteiger partial charge >= 0.3 is 0 Å². The Morgan fingerprint density at radius 3 is 2.55 bits per heavy atom. The molecule has 3 rings (SSSR count). The van der Waals surface area contributed by atoms with E-state index in [9.17, 15) is 0 Å². The highest BCUT2D eigenvalue weighted by Crippen LogP contribution is 2.20. The molecule has 1 aliphatic rings. The molecule has 0 atom stereocenters. The third kappa shape index (κ3) is 2.78. The fourth-order valence-electron chi connectivity index (χ4n) is 2.82. The molecule has 102 valence electrons. The van der Waals surface area contributed by atoms with E-state index < -0.39 is 0 Å². The number of aliphatic imine (C=N–C) groups is 1. The summed E-state index contributed by atoms with van der Waals surface area (Å²) in [5.41, 5.74) is 6.65. The van der Waals surface area contributed by atoms with Crippen molar-refractivity contribution < 1.29 is 0 Å². The predicted molar refractivity (Wildman–Crippen MR) is 86.1 cm³/mol. The van der Waals surface area contributed by atoms with Gasteiger partial charge in [-0.2, -0.15) is 0 Å². The lowest BCUT2D eigenvalue weighted by atomic mass is 9.92. The number of rotatable bonds is 4. The SMILES string of the molecule is ClCCc1ccccc1CC1=NCCc2ccccc21. The standard InChI is InChI=1S/C18H18ClN/c19-11-9-14-5-1-2-7-16(14)13-18-17-8-4-3-6-15(17)10-12-20-18/h1-8H,9-13H2. The van der Waals surface area contributed by atoms with Crippen LogP contribution in [0.3, 0.4) is 0 Å². The van der Waals surface area contributed by atoms with Gasteiger partial charge in [0.05, 0.1) is 0 Å². The molecule has 1 heterocycles. The van der Waals surface area contributed by atoms with E-state index in [1.54, 1.807) is 0 Å². The second-order valence-electron chi connectivity index (χ2n) is 5.12. The summed E-state index contributed by atoms with van der Waals surface area (Å²) in [6, 6.07) is 17.2. The normalized spacial score (nSPS) is 13.8. The van der Waals surface area contributed by atoms with Crippen molar-refractivity contribution >= 4 is 17.3 Å². The van der Waals surface area contributed by atoms with Crippen LogP contribution in [0.2, 0.25) is 0 Å². The number of halogens is 1. The molecule has 0 fully saturated rings. The summed E-state index contributed by atoms with van der Waals surface area (Å²) in [7, 11) is 0. The zero-order chi connectivity index (χ0) is 13.8. The molecule has 2 aromatic rings. The first-order valence-electron chi connectivity index (χ1n) is 7.13. The summed E-state index contributed by atoms with van der Waals surface area (Å²) < 4.78 is 0. The summed E-state index contributed by atoms with van der Waals surface area (Å²) in [5.74, 6) is 0.667. The predicted octanol–water partition coefficient (Wildman–Crippen LogP) is 4.06. The average molecular weight is 284 g/mol. The third-order valence-electron chi connectivity index (χ3n) is 3.85. The second-order valence-corrected chi connectivity index (χ2v) is 5.50. The van der Waals surface area contributed by atoms with Crippen LogP contribution in [0.25, 0.3) is 0 Å². The zero-order valence-corrected chi connectivity index (χ0v) is 12.2. The van der Waals surface area contributed by atoms with E-state index in [4.69, 9.17) is 16.6 Å². The minimum Gasteiger partial charge on any atom is -0.288 e. The number of aryl methyl sites for hydroxylation is 1. The highest BCUT2D eigenvalue weighted by Gasteiger charge is 2.14. The van der Waals surface area contributed by atoms with Crippen LogP contribution in [-0.2, 0) is 19.3 Å². The Labute approximate surface area is 125 Å². The molecule has 0 saturated carbocycles. The van der Waals surface area contributed by atoms with Gasteiger partial charge in [-0.1, -0.05) is 48.5 Å². The highest BCUT2D eigenvalue weighted by molar-refractivity contribution is 6.18. The summed E-state index contributed by atoms with van der Waals surface area (Å²) in [4.78, 5) is 4.75. The molecule has 20 heavy (non-hydrogen) atoms. The second kappa shape index (κ2) is 6.23. The lowest BCUT2D eigenvalue weighted by Crippen LogP contribution is -2.16. The summed E-state index contributed by atoms with van der Waals surface area (Å²) in [6.07, 6.45) is 2.89. The molecule has 0 N–H and O–H groups in total. The van der Waals surface area contributed by atoms with Crippen molar-refractivity contribution in [1.29, 1.82) is 0 Å². The topological polar surface area (TPSA) is 12.4 Å². The monoisotopic (exact) mass is 283 g/mol. The van der Waals surface area contributed by atoms with Crippen molar-refractivity contribution in [3.8, 4) is 0 Å². The number of hydrogen-bond acceptors (Lipinski definition) is 1. The van der Waals surface area contributed by atoms with Crippen molar-refractivity contribution in [2.24, 2.45) is 4.99 Å². The van der Waals surface area contributed by atoms with Crippen molar-refractivity contribution in [3.63, 3.8) is 0 Å². The molecule has 1 aliphatic heterocycles. The lowest BCUT2D eigenvalue weighted by molar-refractivity contribution is 0.932. The van der Waals surface area contributed by atoms with Gasteiger partial charge in [-0.3, -0.25) is 4.99 Å². The Balaban J connectivity index is 1.90. The fourth-order valence-corrected chi connectivity index (χ4v) is 3.03. The summed E-state index contributed by atoms with van der Waals surface area (Å²) in [5, 5.41) is 0. The lowest BCUT2D eigenvalue weighted by Gasteiger charge is -2.18. The molecule has 0 amide bonds. The molecule has 0 saturated heterocycles. The fraction of sp³-hybridized carbons (Fsp3) is 0.278. The van der Waals surface area contributed by atoms with Gasteiger partial charge in [0.2, 0.25) is 0 Å². The van der Waals surface area contributed by atoms with Crippen LogP contribution in [0, 0.1) is 0 Å². The quantitative estimate of drug-likeness (QED) is 0.751. The smallest absolute Gasteiger partial charge is 0.0467 e. The van der Waals surface area contributed by atoms with E-state index in [1.165, 1.54) is 28.0 Å². The molecule has 2 aromatic carbocycles. The minimum absolute atomic E-state index is 0.667. The Hall–Kier alpha value is -1.60. The van der Waals surface area contributed by atoms with Gasteiger partial charge in [-0.25, -0.2) is 0 Å². The van der Waals surface area contributed by atoms with E-state index in [0.29, 0.717) is 5.88 Å². The van der Waals surface area contributed by atoms with Crippen molar-refractivity contribution in [1.82, 2.24) is 0 Å². The Bertz CT molecular complexity index is 631. The van der Waals surface area contributed by atoms with E-state index in [2.05, 4.69) is 48.5 Å². The maximum atomic E-state index is 5.90. The molecule has 0 spiro atoms. The first-order chi connectivity index (χ1) is 9.88. The van der Waals surface area contributed by atoms with Gasteiger partial charge in [-0.05, 0) is 35.1 Å². The molecule has 0 aliphatic carbocycles. The van der Waals surface area contributed by atoms with Gasteiger partial charge in [-0.15, -0.1) is 11.6 Å². The first-order valence-corrected chi connectivity index (χ1v) is 7.66. The molecule has 1 nitrogen and oxygen atoms in total. The number of nitrogens with zero attached hydrogens (tertiary/aromatic N) is 1. The minimum atomic E-state index is 0.667. The van der Waals surface area contributed by atoms with E-state index in [-0.39, 0.29) is 0 Å². The van der Waals surface area contributed by atoms with Crippen LogP contribution in [0.4, 0.5) is 0 Å². The number of benzene rings is 2. The highest BCUT2D eigenvalue weighted by atomic mass is 35.5. The summed E-state index contributed by atoms with van der Waals surface area (Å²) in [6.45, 7) is 0.907. The van der Waals surface area contributed by atoms with Crippen LogP contribution in [0.5, 0.6) is 0 Å². The van der Waals surface area contributed by atoms with Crippen molar-refractivity contribution in [2.75, 3.05) is 12.4 Å². The average Bonchev–Trinajstić information content (AvgIpc) is 2.50. The molecule has 0 aromatic heterocycles. The molecule has 0 unspecified atom stereocenters. The maximum Gasteiger partial charge on any atom is 0.0467 e. The molecule has 0 bridgehead atoms. The molecule has 2 heteroatoms. The van der Waals surface area contributed by atoms with E-state index >= 15 is 0 Å². The van der Waals surface area contributed by atoms with E-state index in [0.717, 1.165) is 25.8 Å².